The maximum Gasteiger partial charge on any atom is 0.225 e. The van der Waals surface area contributed by atoms with Gasteiger partial charge in [0.25, 0.3) is 0 Å². The number of anilines is 2. The quantitative estimate of drug-likeness (QED) is 0.607. The fourth-order valence-electron chi connectivity index (χ4n) is 2.55. The molecule has 0 amide bonds. The average Bonchev–Trinajstić information content (AvgIpc) is 2.67. The van der Waals surface area contributed by atoms with E-state index in [0.29, 0.717) is 18.3 Å². The van der Waals surface area contributed by atoms with Crippen LogP contribution in [0.1, 0.15) is 18.1 Å². The van der Waals surface area contributed by atoms with Crippen LogP contribution in [0.5, 0.6) is 0 Å². The second kappa shape index (κ2) is 8.40. The maximum absolute atomic E-state index is 9.29. The lowest BCUT2D eigenvalue weighted by Crippen LogP contribution is -2.21. The van der Waals surface area contributed by atoms with Crippen LogP contribution in [0.3, 0.4) is 0 Å². The highest BCUT2D eigenvalue weighted by molar-refractivity contribution is 5.63. The van der Waals surface area contributed by atoms with Gasteiger partial charge in [-0.2, -0.15) is 4.98 Å². The van der Waals surface area contributed by atoms with Gasteiger partial charge in [-0.25, -0.2) is 4.98 Å². The summed E-state index contributed by atoms with van der Waals surface area (Å²) in [5.41, 5.74) is 4.09. The minimum atomic E-state index is -0.135. The number of aromatic nitrogens is 3. The van der Waals surface area contributed by atoms with Crippen LogP contribution in [0.2, 0.25) is 0 Å². The Morgan fingerprint density at radius 2 is 2.00 bits per heavy atom. The molecule has 6 heteroatoms. The van der Waals surface area contributed by atoms with Crippen molar-refractivity contribution in [2.45, 2.75) is 26.4 Å². The molecule has 6 nitrogen and oxygen atoms in total. The zero-order valence-corrected chi connectivity index (χ0v) is 15.0. The molecule has 3 rings (SSSR count). The molecule has 0 bridgehead atoms. The van der Waals surface area contributed by atoms with Crippen molar-refractivity contribution in [2.75, 3.05) is 17.2 Å². The molecule has 0 unspecified atom stereocenters. The highest BCUT2D eigenvalue weighted by Gasteiger charge is 2.09. The number of hydrogen-bond acceptors (Lipinski definition) is 6. The molecular weight excluding hydrogens is 326 g/mol. The van der Waals surface area contributed by atoms with Crippen molar-refractivity contribution in [1.29, 1.82) is 0 Å². The SMILES string of the molecule is Cc1cccc(CNc2cc(-c3cccnc3)nc(N[C@H](C)CO)n2)c1. The minimum Gasteiger partial charge on any atom is -0.394 e. The molecule has 26 heavy (non-hydrogen) atoms. The van der Waals surface area contributed by atoms with E-state index in [1.54, 1.807) is 12.4 Å². The van der Waals surface area contributed by atoms with E-state index in [1.165, 1.54) is 11.1 Å². The van der Waals surface area contributed by atoms with Gasteiger partial charge in [0.2, 0.25) is 5.95 Å². The monoisotopic (exact) mass is 349 g/mol. The van der Waals surface area contributed by atoms with E-state index in [4.69, 9.17) is 0 Å². The first kappa shape index (κ1) is 17.8. The molecule has 0 radical (unpaired) electrons. The summed E-state index contributed by atoms with van der Waals surface area (Å²) in [7, 11) is 0. The third-order valence-electron chi connectivity index (χ3n) is 3.89. The van der Waals surface area contributed by atoms with Gasteiger partial charge in [-0.1, -0.05) is 29.8 Å². The first-order valence-corrected chi connectivity index (χ1v) is 8.60. The van der Waals surface area contributed by atoms with Crippen LogP contribution in [0.4, 0.5) is 11.8 Å². The number of nitrogens with zero attached hydrogens (tertiary/aromatic N) is 3. The van der Waals surface area contributed by atoms with Gasteiger partial charge in [0.05, 0.1) is 12.3 Å². The molecule has 0 saturated carbocycles. The lowest BCUT2D eigenvalue weighted by Gasteiger charge is -2.14. The molecule has 0 aliphatic heterocycles. The molecule has 0 spiro atoms. The number of aliphatic hydroxyl groups excluding tert-OH is 1. The molecule has 2 heterocycles. The molecule has 1 aromatic carbocycles. The highest BCUT2D eigenvalue weighted by atomic mass is 16.3. The van der Waals surface area contributed by atoms with Crippen LogP contribution in [0, 0.1) is 6.92 Å². The molecule has 0 aliphatic rings. The summed E-state index contributed by atoms with van der Waals surface area (Å²) in [4.78, 5) is 13.2. The molecule has 0 aliphatic carbocycles. The minimum absolute atomic E-state index is 0.00648. The van der Waals surface area contributed by atoms with Crippen molar-refractivity contribution in [1.82, 2.24) is 15.0 Å². The molecular formula is C20H23N5O. The lowest BCUT2D eigenvalue weighted by molar-refractivity contribution is 0.281. The number of hydrogen-bond donors (Lipinski definition) is 3. The smallest absolute Gasteiger partial charge is 0.225 e. The van der Waals surface area contributed by atoms with Crippen molar-refractivity contribution in [3.63, 3.8) is 0 Å². The van der Waals surface area contributed by atoms with Crippen molar-refractivity contribution >= 4 is 11.8 Å². The summed E-state index contributed by atoms with van der Waals surface area (Å²) in [6, 6.07) is 13.9. The van der Waals surface area contributed by atoms with Gasteiger partial charge in [-0.3, -0.25) is 4.98 Å². The number of aryl methyl sites for hydroxylation is 1. The van der Waals surface area contributed by atoms with Crippen LogP contribution in [0.25, 0.3) is 11.3 Å². The zero-order chi connectivity index (χ0) is 18.4. The molecule has 0 saturated heterocycles. The third kappa shape index (κ3) is 4.77. The number of pyridine rings is 1. The summed E-state index contributed by atoms with van der Waals surface area (Å²) < 4.78 is 0. The van der Waals surface area contributed by atoms with E-state index in [0.717, 1.165) is 11.3 Å². The fourth-order valence-corrected chi connectivity index (χ4v) is 2.55. The Balaban J connectivity index is 1.86. The van der Waals surface area contributed by atoms with Crippen LogP contribution in [-0.2, 0) is 6.54 Å². The Hall–Kier alpha value is -2.99. The van der Waals surface area contributed by atoms with Crippen molar-refractivity contribution in [2.24, 2.45) is 0 Å². The Morgan fingerprint density at radius 3 is 2.73 bits per heavy atom. The number of aliphatic hydroxyl groups is 1. The Bertz CT molecular complexity index is 854. The third-order valence-corrected chi connectivity index (χ3v) is 3.89. The Kier molecular flexibility index (Phi) is 5.76. The second-order valence-corrected chi connectivity index (χ2v) is 6.27. The predicted molar refractivity (Wildman–Crippen MR) is 104 cm³/mol. The number of rotatable bonds is 7. The van der Waals surface area contributed by atoms with Gasteiger partial charge in [0.1, 0.15) is 5.82 Å². The zero-order valence-electron chi connectivity index (χ0n) is 15.0. The summed E-state index contributed by atoms with van der Waals surface area (Å²) in [6.45, 7) is 4.62. The first-order valence-electron chi connectivity index (χ1n) is 8.60. The van der Waals surface area contributed by atoms with Gasteiger partial charge < -0.3 is 15.7 Å². The predicted octanol–water partition coefficient (Wildman–Crippen LogP) is 3.25. The molecule has 3 N–H and O–H groups in total. The van der Waals surface area contributed by atoms with Gasteiger partial charge in [0, 0.05) is 36.6 Å². The lowest BCUT2D eigenvalue weighted by atomic mass is 10.1. The molecule has 3 aromatic rings. The first-order chi connectivity index (χ1) is 12.6. The number of nitrogens with one attached hydrogen (secondary N) is 2. The Morgan fingerprint density at radius 1 is 1.12 bits per heavy atom. The van der Waals surface area contributed by atoms with Gasteiger partial charge >= 0.3 is 0 Å². The van der Waals surface area contributed by atoms with E-state index in [2.05, 4.69) is 50.7 Å². The van der Waals surface area contributed by atoms with Gasteiger partial charge in [0.15, 0.2) is 0 Å². The second-order valence-electron chi connectivity index (χ2n) is 6.27. The maximum atomic E-state index is 9.29. The fraction of sp³-hybridized carbons (Fsp3) is 0.250. The van der Waals surface area contributed by atoms with Crippen LogP contribution in [-0.4, -0.2) is 32.7 Å². The summed E-state index contributed by atoms with van der Waals surface area (Å²) in [5, 5.41) is 15.8. The van der Waals surface area contributed by atoms with E-state index in [9.17, 15) is 5.11 Å². The largest absolute Gasteiger partial charge is 0.394 e. The van der Waals surface area contributed by atoms with E-state index in [1.807, 2.05) is 31.2 Å². The topological polar surface area (TPSA) is 83.0 Å². The summed E-state index contributed by atoms with van der Waals surface area (Å²) in [5.74, 6) is 1.19. The number of benzene rings is 1. The van der Waals surface area contributed by atoms with E-state index >= 15 is 0 Å². The summed E-state index contributed by atoms with van der Waals surface area (Å²) >= 11 is 0. The normalized spacial score (nSPS) is 11.8. The average molecular weight is 349 g/mol. The molecule has 0 fully saturated rings. The van der Waals surface area contributed by atoms with Crippen molar-refractivity contribution in [3.8, 4) is 11.3 Å². The van der Waals surface area contributed by atoms with Crippen LogP contribution in [0.15, 0.2) is 54.9 Å². The highest BCUT2D eigenvalue weighted by Crippen LogP contribution is 2.21. The van der Waals surface area contributed by atoms with Crippen molar-refractivity contribution in [3.05, 3.63) is 66.0 Å². The van der Waals surface area contributed by atoms with Gasteiger partial charge in [-0.05, 0) is 31.5 Å². The molecule has 2 aromatic heterocycles. The van der Waals surface area contributed by atoms with E-state index < -0.39 is 0 Å². The summed E-state index contributed by atoms with van der Waals surface area (Å²) in [6.07, 6.45) is 3.50. The van der Waals surface area contributed by atoms with Crippen LogP contribution < -0.4 is 10.6 Å². The molecule has 134 valence electrons. The molecule has 1 atom stereocenters. The van der Waals surface area contributed by atoms with Crippen molar-refractivity contribution < 1.29 is 5.11 Å². The van der Waals surface area contributed by atoms with Crippen LogP contribution >= 0.6 is 0 Å². The Labute approximate surface area is 153 Å². The van der Waals surface area contributed by atoms with Gasteiger partial charge in [-0.15, -0.1) is 0 Å². The standard InChI is InChI=1S/C20H23N5O/c1-14-5-3-6-16(9-14)11-22-19-10-18(17-7-4-8-21-12-17)24-20(25-19)23-15(2)13-26/h3-10,12,15,26H,11,13H2,1-2H3,(H2,22,23,24,25)/t15-/m1/s1. The van der Waals surface area contributed by atoms with E-state index in [-0.39, 0.29) is 12.6 Å².